The Bertz CT molecular complexity index is 817. The van der Waals surface area contributed by atoms with Gasteiger partial charge >= 0.3 is 5.97 Å². The van der Waals surface area contributed by atoms with Crippen molar-refractivity contribution in [1.29, 1.82) is 0 Å². The van der Waals surface area contributed by atoms with E-state index < -0.39 is 5.97 Å². The predicted octanol–water partition coefficient (Wildman–Crippen LogP) is 4.25. The fraction of sp³-hybridized carbons (Fsp3) is 0.105. The molecule has 0 bridgehead atoms. The number of halogens is 1. The third-order valence-electron chi connectivity index (χ3n) is 3.75. The summed E-state index contributed by atoms with van der Waals surface area (Å²) in [6.45, 7) is 0. The topological polar surface area (TPSA) is 46.5 Å². The number of carboxylic acid groups (broad SMARTS) is 1. The molecule has 0 fully saturated rings. The molecule has 2 aromatic rings. The molecule has 0 heterocycles. The molecule has 1 N–H and O–H groups in total. The molecule has 116 valence electrons. The summed E-state index contributed by atoms with van der Waals surface area (Å²) < 4.78 is 18.6. The average Bonchev–Trinajstić information content (AvgIpc) is 2.84. The smallest absolute Gasteiger partial charge is 0.307 e. The summed E-state index contributed by atoms with van der Waals surface area (Å²) in [7, 11) is 1.61. The Hall–Kier alpha value is -2.88. The van der Waals surface area contributed by atoms with Gasteiger partial charge in [-0.3, -0.25) is 4.79 Å². The first-order valence-corrected chi connectivity index (χ1v) is 7.15. The SMILES string of the molecule is COc1ccc(C=C2C=C(CC(=O)O)c3cc(F)ccc32)cc1. The minimum absolute atomic E-state index is 0.129. The van der Waals surface area contributed by atoms with Crippen molar-refractivity contribution >= 4 is 23.2 Å². The second kappa shape index (κ2) is 6.08. The molecular formula is C19H15FO3. The Kier molecular flexibility index (Phi) is 3.98. The van der Waals surface area contributed by atoms with Gasteiger partial charge in [-0.1, -0.05) is 18.2 Å². The molecule has 3 rings (SSSR count). The van der Waals surface area contributed by atoms with Gasteiger partial charge in [0.15, 0.2) is 0 Å². The molecule has 0 radical (unpaired) electrons. The Morgan fingerprint density at radius 3 is 2.57 bits per heavy atom. The van der Waals surface area contributed by atoms with Gasteiger partial charge in [-0.25, -0.2) is 4.39 Å². The fourth-order valence-electron chi connectivity index (χ4n) is 2.69. The van der Waals surface area contributed by atoms with Crippen LogP contribution in [0.15, 0.2) is 48.5 Å². The van der Waals surface area contributed by atoms with Crippen molar-refractivity contribution in [1.82, 2.24) is 0 Å². The molecule has 1 aliphatic carbocycles. The molecule has 0 amide bonds. The van der Waals surface area contributed by atoms with Gasteiger partial charge in [0.2, 0.25) is 0 Å². The van der Waals surface area contributed by atoms with Crippen molar-refractivity contribution in [2.45, 2.75) is 6.42 Å². The largest absolute Gasteiger partial charge is 0.497 e. The van der Waals surface area contributed by atoms with Crippen molar-refractivity contribution in [3.8, 4) is 5.75 Å². The van der Waals surface area contributed by atoms with E-state index >= 15 is 0 Å². The Morgan fingerprint density at radius 2 is 1.91 bits per heavy atom. The molecule has 3 nitrogen and oxygen atoms in total. The van der Waals surface area contributed by atoms with Crippen molar-refractivity contribution in [3.05, 3.63) is 71.0 Å². The highest BCUT2D eigenvalue weighted by Crippen LogP contribution is 2.38. The maximum absolute atomic E-state index is 13.5. The quantitative estimate of drug-likeness (QED) is 0.918. The lowest BCUT2D eigenvalue weighted by Crippen LogP contribution is -1.96. The highest BCUT2D eigenvalue weighted by molar-refractivity contribution is 6.04. The first-order valence-electron chi connectivity index (χ1n) is 7.15. The Labute approximate surface area is 133 Å². The lowest BCUT2D eigenvalue weighted by molar-refractivity contribution is -0.135. The van der Waals surface area contributed by atoms with Crippen LogP contribution >= 0.6 is 0 Å². The number of allylic oxidation sites excluding steroid dienone is 2. The van der Waals surface area contributed by atoms with Gasteiger partial charge < -0.3 is 9.84 Å². The van der Waals surface area contributed by atoms with Crippen LogP contribution in [0.2, 0.25) is 0 Å². The van der Waals surface area contributed by atoms with Crippen molar-refractivity contribution in [3.63, 3.8) is 0 Å². The summed E-state index contributed by atoms with van der Waals surface area (Å²) in [5, 5.41) is 9.03. The zero-order chi connectivity index (χ0) is 16.4. The minimum Gasteiger partial charge on any atom is -0.497 e. The van der Waals surface area contributed by atoms with Crippen LogP contribution in [-0.2, 0) is 4.79 Å². The summed E-state index contributed by atoms with van der Waals surface area (Å²) in [4.78, 5) is 11.0. The van der Waals surface area contributed by atoms with Crippen LogP contribution in [0.5, 0.6) is 5.75 Å². The summed E-state index contributed by atoms with van der Waals surface area (Å²) in [5.41, 5.74) is 3.95. The summed E-state index contributed by atoms with van der Waals surface area (Å²) in [6.07, 6.45) is 3.63. The number of ether oxygens (including phenoxy) is 1. The molecule has 0 atom stereocenters. The Balaban J connectivity index is 2.03. The van der Waals surface area contributed by atoms with Gasteiger partial charge in [0.05, 0.1) is 13.5 Å². The van der Waals surface area contributed by atoms with Crippen LogP contribution in [0.25, 0.3) is 17.2 Å². The Morgan fingerprint density at radius 1 is 1.17 bits per heavy atom. The van der Waals surface area contributed by atoms with E-state index in [1.807, 2.05) is 36.4 Å². The van der Waals surface area contributed by atoms with Crippen LogP contribution < -0.4 is 4.74 Å². The normalized spacial score (nSPS) is 14.5. The second-order valence-corrected chi connectivity index (χ2v) is 5.30. The highest BCUT2D eigenvalue weighted by Gasteiger charge is 2.20. The zero-order valence-corrected chi connectivity index (χ0v) is 12.5. The van der Waals surface area contributed by atoms with E-state index in [9.17, 15) is 9.18 Å². The maximum atomic E-state index is 13.5. The molecule has 0 aliphatic heterocycles. The van der Waals surface area contributed by atoms with Crippen molar-refractivity contribution < 1.29 is 19.0 Å². The van der Waals surface area contributed by atoms with Gasteiger partial charge in [-0.05, 0) is 64.3 Å². The average molecular weight is 310 g/mol. The van der Waals surface area contributed by atoms with Crippen molar-refractivity contribution in [2.75, 3.05) is 7.11 Å². The number of aliphatic carboxylic acids is 1. The van der Waals surface area contributed by atoms with Gasteiger partial charge in [-0.2, -0.15) is 0 Å². The molecule has 23 heavy (non-hydrogen) atoms. The monoisotopic (exact) mass is 310 g/mol. The lowest BCUT2D eigenvalue weighted by atomic mass is 10.0. The molecule has 0 spiro atoms. The van der Waals surface area contributed by atoms with Gasteiger partial charge in [0.1, 0.15) is 11.6 Å². The van der Waals surface area contributed by atoms with Crippen LogP contribution in [0, 0.1) is 5.82 Å². The van der Waals surface area contributed by atoms with Gasteiger partial charge in [-0.15, -0.1) is 0 Å². The van der Waals surface area contributed by atoms with E-state index in [0.29, 0.717) is 11.1 Å². The summed E-state index contributed by atoms with van der Waals surface area (Å²) in [6, 6.07) is 12.0. The standard InChI is InChI=1S/C19H15FO3/c1-23-16-5-2-12(3-6-16)8-13-9-14(10-19(21)22)18-11-15(20)4-7-17(13)18/h2-9,11H,10H2,1H3,(H,21,22). The molecular weight excluding hydrogens is 295 g/mol. The summed E-state index contributed by atoms with van der Waals surface area (Å²) in [5.74, 6) is -0.536. The highest BCUT2D eigenvalue weighted by atomic mass is 19.1. The van der Waals surface area contributed by atoms with E-state index in [1.165, 1.54) is 12.1 Å². The van der Waals surface area contributed by atoms with E-state index in [2.05, 4.69) is 0 Å². The van der Waals surface area contributed by atoms with E-state index in [0.717, 1.165) is 22.4 Å². The lowest BCUT2D eigenvalue weighted by Gasteiger charge is -2.04. The molecule has 0 saturated heterocycles. The van der Waals surface area contributed by atoms with Crippen LogP contribution in [0.1, 0.15) is 23.1 Å². The number of rotatable bonds is 4. The number of carbonyl (C=O) groups is 1. The second-order valence-electron chi connectivity index (χ2n) is 5.30. The minimum atomic E-state index is -0.933. The number of benzene rings is 2. The number of carboxylic acids is 1. The number of hydrogen-bond acceptors (Lipinski definition) is 2. The van der Waals surface area contributed by atoms with E-state index in [4.69, 9.17) is 9.84 Å². The van der Waals surface area contributed by atoms with Gasteiger partial charge in [0, 0.05) is 0 Å². The first kappa shape index (κ1) is 15.0. The van der Waals surface area contributed by atoms with Gasteiger partial charge in [0.25, 0.3) is 0 Å². The summed E-state index contributed by atoms with van der Waals surface area (Å²) >= 11 is 0. The van der Waals surface area contributed by atoms with Crippen molar-refractivity contribution in [2.24, 2.45) is 0 Å². The molecule has 2 aromatic carbocycles. The first-order chi connectivity index (χ1) is 11.1. The third-order valence-corrected chi connectivity index (χ3v) is 3.75. The third kappa shape index (κ3) is 3.16. The molecule has 4 heteroatoms. The van der Waals surface area contributed by atoms with E-state index in [-0.39, 0.29) is 12.2 Å². The predicted molar refractivity (Wildman–Crippen MR) is 87.5 cm³/mol. The zero-order valence-electron chi connectivity index (χ0n) is 12.5. The van der Waals surface area contributed by atoms with Crippen LogP contribution in [-0.4, -0.2) is 18.2 Å². The number of methoxy groups -OCH3 is 1. The van der Waals surface area contributed by atoms with Crippen LogP contribution in [0.4, 0.5) is 4.39 Å². The molecule has 0 unspecified atom stereocenters. The molecule has 0 saturated carbocycles. The number of hydrogen-bond donors (Lipinski definition) is 1. The number of fused-ring (bicyclic) bond motifs is 1. The molecule has 1 aliphatic rings. The van der Waals surface area contributed by atoms with Crippen LogP contribution in [0.3, 0.4) is 0 Å². The van der Waals surface area contributed by atoms with E-state index in [1.54, 1.807) is 13.2 Å². The fourth-order valence-corrected chi connectivity index (χ4v) is 2.69. The molecule has 0 aromatic heterocycles. The maximum Gasteiger partial charge on any atom is 0.307 e.